The predicted octanol–water partition coefficient (Wildman–Crippen LogP) is 3.41. The number of hydrogen-bond donors (Lipinski definition) is 1. The Labute approximate surface area is 158 Å². The van der Waals surface area contributed by atoms with Gasteiger partial charge in [0.2, 0.25) is 5.91 Å². The molecule has 1 atom stereocenters. The number of amides is 1. The number of thioether (sulfide) groups is 1. The van der Waals surface area contributed by atoms with Crippen LogP contribution in [-0.2, 0) is 11.2 Å². The molecule has 1 fully saturated rings. The van der Waals surface area contributed by atoms with Gasteiger partial charge in [0.1, 0.15) is 0 Å². The van der Waals surface area contributed by atoms with E-state index in [9.17, 15) is 14.9 Å². The van der Waals surface area contributed by atoms with Crippen LogP contribution in [0.4, 0.5) is 5.69 Å². The molecule has 1 aliphatic heterocycles. The molecule has 0 radical (unpaired) electrons. The number of benzene rings is 2. The van der Waals surface area contributed by atoms with Crippen molar-refractivity contribution in [1.29, 1.82) is 0 Å². The Morgan fingerprint density at radius 3 is 2.85 bits per heavy atom. The molecular formula is C17H13ClN4O3S. The summed E-state index contributed by atoms with van der Waals surface area (Å²) < 4.78 is 0. The smallest absolute Gasteiger partial charge is 0.270 e. The van der Waals surface area contributed by atoms with Gasteiger partial charge < -0.3 is 5.32 Å². The van der Waals surface area contributed by atoms with Crippen molar-refractivity contribution in [2.24, 2.45) is 10.2 Å². The van der Waals surface area contributed by atoms with Crippen LogP contribution in [0.5, 0.6) is 0 Å². The minimum absolute atomic E-state index is 0.0215. The Balaban J connectivity index is 1.64. The first-order valence-electron chi connectivity index (χ1n) is 7.59. The second kappa shape index (κ2) is 8.11. The van der Waals surface area contributed by atoms with E-state index in [1.54, 1.807) is 18.2 Å². The maximum absolute atomic E-state index is 12.1. The van der Waals surface area contributed by atoms with Gasteiger partial charge in [-0.25, -0.2) is 0 Å². The van der Waals surface area contributed by atoms with Gasteiger partial charge in [-0.05, 0) is 24.1 Å². The molecule has 0 aliphatic carbocycles. The number of nitrogens with one attached hydrogen (secondary N) is 1. The zero-order valence-corrected chi connectivity index (χ0v) is 14.9. The Morgan fingerprint density at radius 2 is 2.08 bits per heavy atom. The third-order valence-electron chi connectivity index (χ3n) is 3.52. The van der Waals surface area contributed by atoms with Gasteiger partial charge in [-0.3, -0.25) is 14.9 Å². The molecule has 2 aromatic rings. The van der Waals surface area contributed by atoms with E-state index in [1.165, 1.54) is 30.1 Å². The lowest BCUT2D eigenvalue weighted by Gasteiger charge is -2.05. The van der Waals surface area contributed by atoms with Crippen molar-refractivity contribution in [2.75, 3.05) is 0 Å². The lowest BCUT2D eigenvalue weighted by atomic mass is 10.1. The van der Waals surface area contributed by atoms with Gasteiger partial charge >= 0.3 is 0 Å². The lowest BCUT2D eigenvalue weighted by molar-refractivity contribution is -0.384. The number of carbonyl (C=O) groups excluding carboxylic acids is 1. The van der Waals surface area contributed by atoms with E-state index in [0.29, 0.717) is 22.2 Å². The maximum atomic E-state index is 12.1. The predicted molar refractivity (Wildman–Crippen MR) is 103 cm³/mol. The Kier molecular flexibility index (Phi) is 5.65. The number of nitro groups is 1. The molecule has 1 saturated heterocycles. The summed E-state index contributed by atoms with van der Waals surface area (Å²) in [5.41, 5.74) is 1.49. The molecule has 7 nitrogen and oxygen atoms in total. The van der Waals surface area contributed by atoms with E-state index in [4.69, 9.17) is 11.6 Å². The molecule has 1 N–H and O–H groups in total. The van der Waals surface area contributed by atoms with Gasteiger partial charge in [0.25, 0.3) is 5.69 Å². The standard InChI is InChI=1S/C17H13ClN4O3S/c18-13-5-1-3-11(7-13)9-15-16(23)20-17(26-15)21-19-10-12-4-2-6-14(8-12)22(24)25/h1-8,10,15H,9H2,(H,20,21,23). The topological polar surface area (TPSA) is 97.0 Å². The molecule has 3 rings (SSSR count). The van der Waals surface area contributed by atoms with Crippen LogP contribution in [0.15, 0.2) is 58.7 Å². The van der Waals surface area contributed by atoms with Gasteiger partial charge in [-0.15, -0.1) is 5.10 Å². The minimum Gasteiger partial charge on any atom is -0.303 e. The summed E-state index contributed by atoms with van der Waals surface area (Å²) in [6, 6.07) is 13.4. The molecule has 0 bridgehead atoms. The average Bonchev–Trinajstić information content (AvgIpc) is 2.95. The first-order chi connectivity index (χ1) is 12.5. The lowest BCUT2D eigenvalue weighted by Crippen LogP contribution is -2.25. The highest BCUT2D eigenvalue weighted by atomic mass is 35.5. The molecule has 1 unspecified atom stereocenters. The maximum Gasteiger partial charge on any atom is 0.270 e. The van der Waals surface area contributed by atoms with Crippen molar-refractivity contribution in [3.8, 4) is 0 Å². The van der Waals surface area contributed by atoms with Crippen LogP contribution in [0, 0.1) is 10.1 Å². The number of non-ortho nitro benzene ring substituents is 1. The Hall–Kier alpha value is -2.71. The normalized spacial score (nSPS) is 18.4. The molecule has 0 aromatic heterocycles. The number of amidine groups is 1. The highest BCUT2D eigenvalue weighted by Gasteiger charge is 2.30. The fraction of sp³-hybridized carbons (Fsp3) is 0.118. The minimum atomic E-state index is -0.475. The second-order valence-electron chi connectivity index (χ2n) is 5.43. The fourth-order valence-electron chi connectivity index (χ4n) is 2.33. The van der Waals surface area contributed by atoms with Crippen LogP contribution < -0.4 is 5.32 Å². The average molecular weight is 389 g/mol. The number of rotatable bonds is 5. The highest BCUT2D eigenvalue weighted by Crippen LogP contribution is 2.24. The molecule has 9 heteroatoms. The monoisotopic (exact) mass is 388 g/mol. The summed E-state index contributed by atoms with van der Waals surface area (Å²) in [7, 11) is 0. The van der Waals surface area contributed by atoms with Gasteiger partial charge in [0.15, 0.2) is 5.17 Å². The van der Waals surface area contributed by atoms with Crippen molar-refractivity contribution in [2.45, 2.75) is 11.7 Å². The van der Waals surface area contributed by atoms with Crippen LogP contribution in [-0.4, -0.2) is 27.5 Å². The van der Waals surface area contributed by atoms with E-state index in [2.05, 4.69) is 15.5 Å². The Morgan fingerprint density at radius 1 is 1.27 bits per heavy atom. The summed E-state index contributed by atoms with van der Waals surface area (Å²) in [5.74, 6) is -0.140. The quantitative estimate of drug-likeness (QED) is 0.482. The molecule has 0 spiro atoms. The van der Waals surface area contributed by atoms with E-state index >= 15 is 0 Å². The van der Waals surface area contributed by atoms with Crippen LogP contribution in [0.1, 0.15) is 11.1 Å². The SMILES string of the molecule is O=C1N/C(=N\N=Cc2cccc([N+](=O)[O-])c2)SC1Cc1cccc(Cl)c1. The summed E-state index contributed by atoms with van der Waals surface area (Å²) in [6.07, 6.45) is 1.93. The highest BCUT2D eigenvalue weighted by molar-refractivity contribution is 8.15. The number of nitrogens with zero attached hydrogens (tertiary/aromatic N) is 3. The first-order valence-corrected chi connectivity index (χ1v) is 8.84. The Bertz CT molecular complexity index is 916. The summed E-state index contributed by atoms with van der Waals surface area (Å²) >= 11 is 7.25. The van der Waals surface area contributed by atoms with Gasteiger partial charge in [-0.2, -0.15) is 5.10 Å². The van der Waals surface area contributed by atoms with Crippen LogP contribution >= 0.6 is 23.4 Å². The first kappa shape index (κ1) is 18.1. The van der Waals surface area contributed by atoms with Crippen LogP contribution in [0.25, 0.3) is 0 Å². The molecular weight excluding hydrogens is 376 g/mol. The number of hydrogen-bond acceptors (Lipinski definition) is 6. The molecule has 1 heterocycles. The fourth-order valence-corrected chi connectivity index (χ4v) is 3.51. The van der Waals surface area contributed by atoms with Gasteiger partial charge in [0.05, 0.1) is 16.4 Å². The number of nitro benzene ring substituents is 1. The molecule has 26 heavy (non-hydrogen) atoms. The van der Waals surface area contributed by atoms with Crippen molar-refractivity contribution in [3.05, 3.63) is 74.8 Å². The van der Waals surface area contributed by atoms with E-state index in [0.717, 1.165) is 5.56 Å². The zero-order valence-electron chi connectivity index (χ0n) is 13.3. The van der Waals surface area contributed by atoms with Gasteiger partial charge in [0, 0.05) is 22.7 Å². The summed E-state index contributed by atoms with van der Waals surface area (Å²) in [4.78, 5) is 22.3. The van der Waals surface area contributed by atoms with Crippen molar-refractivity contribution in [3.63, 3.8) is 0 Å². The zero-order chi connectivity index (χ0) is 18.5. The largest absolute Gasteiger partial charge is 0.303 e. The van der Waals surface area contributed by atoms with E-state index < -0.39 is 4.92 Å². The van der Waals surface area contributed by atoms with E-state index in [-0.39, 0.29) is 16.8 Å². The molecule has 1 aliphatic rings. The number of halogens is 1. The third-order valence-corrected chi connectivity index (χ3v) is 4.83. The third kappa shape index (κ3) is 4.68. The van der Waals surface area contributed by atoms with Gasteiger partial charge in [-0.1, -0.05) is 47.6 Å². The summed E-state index contributed by atoms with van der Waals surface area (Å²) in [6.45, 7) is 0. The molecule has 1 amide bonds. The van der Waals surface area contributed by atoms with E-state index in [1.807, 2.05) is 18.2 Å². The van der Waals surface area contributed by atoms with Crippen LogP contribution in [0.2, 0.25) is 5.02 Å². The van der Waals surface area contributed by atoms with Crippen molar-refractivity contribution >= 4 is 46.3 Å². The van der Waals surface area contributed by atoms with Crippen molar-refractivity contribution in [1.82, 2.24) is 5.32 Å². The molecule has 0 saturated carbocycles. The molecule has 2 aromatic carbocycles. The van der Waals surface area contributed by atoms with Crippen molar-refractivity contribution < 1.29 is 9.72 Å². The second-order valence-corrected chi connectivity index (χ2v) is 7.06. The van der Waals surface area contributed by atoms with Crippen LogP contribution in [0.3, 0.4) is 0 Å². The summed E-state index contributed by atoms with van der Waals surface area (Å²) in [5, 5.41) is 22.0. The number of carbonyl (C=O) groups is 1. The molecule has 132 valence electrons.